The van der Waals surface area contributed by atoms with Gasteiger partial charge in [0.05, 0.1) is 7.11 Å². The van der Waals surface area contributed by atoms with Crippen molar-refractivity contribution in [2.24, 2.45) is 5.11 Å². The number of nitrogens with zero attached hydrogens (tertiary/aromatic N) is 3. The van der Waals surface area contributed by atoms with Gasteiger partial charge in [-0.05, 0) is 37.4 Å². The number of nitrogens with one attached hydrogen (secondary N) is 1. The predicted octanol–water partition coefficient (Wildman–Crippen LogP) is 3.06. The van der Waals surface area contributed by atoms with Crippen molar-refractivity contribution >= 4 is 5.97 Å². The highest BCUT2D eigenvalue weighted by atomic mass is 16.5. The third-order valence-electron chi connectivity index (χ3n) is 3.53. The topological polar surface area (TPSA) is 87.1 Å². The van der Waals surface area contributed by atoms with Crippen molar-refractivity contribution in [3.8, 4) is 0 Å². The molecule has 21 heavy (non-hydrogen) atoms. The van der Waals surface area contributed by atoms with Gasteiger partial charge in [-0.2, -0.15) is 0 Å². The number of hydrogen-bond acceptors (Lipinski definition) is 4. The van der Waals surface area contributed by atoms with E-state index in [0.29, 0.717) is 25.9 Å². The summed E-state index contributed by atoms with van der Waals surface area (Å²) in [5.74, 6) is -0.308. The van der Waals surface area contributed by atoms with Crippen LogP contribution in [0.2, 0.25) is 0 Å². The highest BCUT2D eigenvalue weighted by molar-refractivity contribution is 5.82. The molecule has 6 heteroatoms. The van der Waals surface area contributed by atoms with Gasteiger partial charge in [0.25, 0.3) is 0 Å². The Kier molecular flexibility index (Phi) is 6.72. The number of ether oxygens (including phenoxy) is 1. The fraction of sp³-hybridized carbons (Fsp3) is 0.533. The zero-order valence-electron chi connectivity index (χ0n) is 12.8. The smallest absolute Gasteiger partial charge is 0.330 e. The second-order valence-electron chi connectivity index (χ2n) is 4.85. The quantitative estimate of drug-likeness (QED) is 0.262. The molecular formula is C15H22N4O2. The number of esters is 1. The predicted molar refractivity (Wildman–Crippen MR) is 81.8 cm³/mol. The largest absolute Gasteiger partial charge is 0.467 e. The van der Waals surface area contributed by atoms with E-state index >= 15 is 0 Å². The van der Waals surface area contributed by atoms with E-state index in [1.54, 1.807) is 0 Å². The number of rotatable bonds is 8. The Hall–Kier alpha value is -2.04. The van der Waals surface area contributed by atoms with E-state index in [1.807, 2.05) is 38.1 Å². The lowest BCUT2D eigenvalue weighted by Crippen LogP contribution is -2.50. The average Bonchev–Trinajstić information content (AvgIpc) is 2.51. The standard InChI is InChI=1S/C15H22N4O2/c1-4-15(14(20)21-3,17-10-5-11-18-19-16)13-8-6-12(2)7-9-13/h6-9,17H,4-5,10-11H2,1-3H3. The van der Waals surface area contributed by atoms with Crippen molar-refractivity contribution in [2.75, 3.05) is 20.2 Å². The number of methoxy groups -OCH3 is 1. The fourth-order valence-corrected chi connectivity index (χ4v) is 2.27. The lowest BCUT2D eigenvalue weighted by atomic mass is 9.86. The lowest BCUT2D eigenvalue weighted by Gasteiger charge is -2.31. The molecule has 1 N–H and O–H groups in total. The number of carbonyl (C=O) groups excluding carboxylic acids is 1. The number of carbonyl (C=O) groups is 1. The SMILES string of the molecule is CCC(NCCCN=[N+]=[N-])(C(=O)OC)c1ccc(C)cc1. The van der Waals surface area contributed by atoms with Gasteiger partial charge in [0.15, 0.2) is 0 Å². The van der Waals surface area contributed by atoms with Crippen LogP contribution in [0, 0.1) is 6.92 Å². The van der Waals surface area contributed by atoms with Crippen LogP contribution >= 0.6 is 0 Å². The summed E-state index contributed by atoms with van der Waals surface area (Å²) in [4.78, 5) is 15.0. The van der Waals surface area contributed by atoms with E-state index in [9.17, 15) is 4.79 Å². The molecule has 0 saturated carbocycles. The number of aryl methyl sites for hydroxylation is 1. The third kappa shape index (κ3) is 4.21. The van der Waals surface area contributed by atoms with Gasteiger partial charge in [-0.3, -0.25) is 5.32 Å². The number of azide groups is 1. The summed E-state index contributed by atoms with van der Waals surface area (Å²) < 4.78 is 4.99. The van der Waals surface area contributed by atoms with Crippen LogP contribution in [-0.2, 0) is 15.1 Å². The van der Waals surface area contributed by atoms with Crippen LogP contribution < -0.4 is 5.32 Å². The van der Waals surface area contributed by atoms with Gasteiger partial charge in [0, 0.05) is 11.5 Å². The molecule has 0 aliphatic rings. The van der Waals surface area contributed by atoms with Crippen LogP contribution in [0.1, 0.15) is 30.9 Å². The zero-order valence-corrected chi connectivity index (χ0v) is 12.8. The van der Waals surface area contributed by atoms with Crippen LogP contribution in [0.4, 0.5) is 0 Å². The summed E-state index contributed by atoms with van der Waals surface area (Å²) in [6.07, 6.45) is 1.24. The number of benzene rings is 1. The third-order valence-corrected chi connectivity index (χ3v) is 3.53. The van der Waals surface area contributed by atoms with Crippen LogP contribution in [0.25, 0.3) is 10.4 Å². The molecule has 0 radical (unpaired) electrons. The Balaban J connectivity index is 2.95. The van der Waals surface area contributed by atoms with E-state index in [-0.39, 0.29) is 5.97 Å². The van der Waals surface area contributed by atoms with Crippen molar-refractivity contribution in [1.29, 1.82) is 0 Å². The van der Waals surface area contributed by atoms with E-state index in [4.69, 9.17) is 10.3 Å². The molecule has 114 valence electrons. The van der Waals surface area contributed by atoms with Crippen molar-refractivity contribution in [3.63, 3.8) is 0 Å². The van der Waals surface area contributed by atoms with E-state index < -0.39 is 5.54 Å². The normalized spacial score (nSPS) is 13.1. The number of hydrogen-bond donors (Lipinski definition) is 1. The molecule has 1 unspecified atom stereocenters. The molecule has 0 aliphatic heterocycles. The first-order chi connectivity index (χ1) is 10.1. The minimum Gasteiger partial charge on any atom is -0.467 e. The maximum atomic E-state index is 12.3. The fourth-order valence-electron chi connectivity index (χ4n) is 2.27. The van der Waals surface area contributed by atoms with Gasteiger partial charge in [-0.15, -0.1) is 0 Å². The Morgan fingerprint density at radius 2 is 2.10 bits per heavy atom. The summed E-state index contributed by atoms with van der Waals surface area (Å²) in [5.41, 5.74) is 9.42. The Bertz CT molecular complexity index is 509. The first-order valence-corrected chi connectivity index (χ1v) is 7.02. The highest BCUT2D eigenvalue weighted by Crippen LogP contribution is 2.27. The first-order valence-electron chi connectivity index (χ1n) is 7.02. The molecule has 0 aliphatic carbocycles. The second kappa shape index (κ2) is 8.29. The van der Waals surface area contributed by atoms with Gasteiger partial charge in [-0.25, -0.2) is 4.79 Å². The maximum Gasteiger partial charge on any atom is 0.330 e. The highest BCUT2D eigenvalue weighted by Gasteiger charge is 2.39. The van der Waals surface area contributed by atoms with E-state index in [0.717, 1.165) is 11.1 Å². The molecule has 0 amide bonds. The molecule has 0 bridgehead atoms. The van der Waals surface area contributed by atoms with Gasteiger partial charge in [-0.1, -0.05) is 41.9 Å². The van der Waals surface area contributed by atoms with Gasteiger partial charge >= 0.3 is 5.97 Å². The molecule has 1 atom stereocenters. The Labute approximate surface area is 125 Å². The molecule has 0 spiro atoms. The molecule has 0 fully saturated rings. The van der Waals surface area contributed by atoms with E-state index in [2.05, 4.69) is 15.3 Å². The van der Waals surface area contributed by atoms with Crippen molar-refractivity contribution in [2.45, 2.75) is 32.2 Å². The van der Waals surface area contributed by atoms with Gasteiger partial charge < -0.3 is 4.74 Å². The lowest BCUT2D eigenvalue weighted by molar-refractivity contribution is -0.149. The van der Waals surface area contributed by atoms with Crippen LogP contribution in [-0.4, -0.2) is 26.2 Å². The minimum absolute atomic E-state index is 0.308. The molecule has 6 nitrogen and oxygen atoms in total. The van der Waals surface area contributed by atoms with Gasteiger partial charge in [0.2, 0.25) is 0 Å². The molecule has 1 aromatic rings. The van der Waals surface area contributed by atoms with E-state index in [1.165, 1.54) is 7.11 Å². The monoisotopic (exact) mass is 290 g/mol. The van der Waals surface area contributed by atoms with Crippen LogP contribution in [0.3, 0.4) is 0 Å². The van der Waals surface area contributed by atoms with Crippen LogP contribution in [0.5, 0.6) is 0 Å². The molecule has 0 aromatic heterocycles. The Morgan fingerprint density at radius 3 is 2.62 bits per heavy atom. The first kappa shape index (κ1) is 17.0. The maximum absolute atomic E-state index is 12.3. The van der Waals surface area contributed by atoms with Crippen LogP contribution in [0.15, 0.2) is 29.4 Å². The molecule has 0 saturated heterocycles. The Morgan fingerprint density at radius 1 is 1.43 bits per heavy atom. The second-order valence-corrected chi connectivity index (χ2v) is 4.85. The molecule has 1 rings (SSSR count). The van der Waals surface area contributed by atoms with Crippen molar-refractivity contribution in [3.05, 3.63) is 45.8 Å². The van der Waals surface area contributed by atoms with Crippen molar-refractivity contribution in [1.82, 2.24) is 5.32 Å². The molecular weight excluding hydrogens is 268 g/mol. The average molecular weight is 290 g/mol. The van der Waals surface area contributed by atoms with Gasteiger partial charge in [0.1, 0.15) is 5.54 Å². The zero-order chi connectivity index (χ0) is 15.7. The molecule has 1 aromatic carbocycles. The summed E-state index contributed by atoms with van der Waals surface area (Å²) in [5, 5.41) is 6.76. The summed E-state index contributed by atoms with van der Waals surface area (Å²) in [6.45, 7) is 4.91. The molecule has 0 heterocycles. The minimum atomic E-state index is -0.862. The summed E-state index contributed by atoms with van der Waals surface area (Å²) in [7, 11) is 1.39. The summed E-state index contributed by atoms with van der Waals surface area (Å²) >= 11 is 0. The summed E-state index contributed by atoms with van der Waals surface area (Å²) in [6, 6.07) is 7.83. The van der Waals surface area contributed by atoms with Crippen molar-refractivity contribution < 1.29 is 9.53 Å².